The van der Waals surface area contributed by atoms with Crippen molar-refractivity contribution in [2.24, 2.45) is 0 Å². The molecule has 0 aliphatic rings. The van der Waals surface area contributed by atoms with Gasteiger partial charge in [-0.1, -0.05) is 6.07 Å². The maximum absolute atomic E-state index is 5.50. The molecule has 2 heterocycles. The summed E-state index contributed by atoms with van der Waals surface area (Å²) >= 11 is 0. The van der Waals surface area contributed by atoms with E-state index in [-0.39, 0.29) is 12.4 Å². The number of hydrogen-bond donors (Lipinski definition) is 1. The predicted molar refractivity (Wildman–Crippen MR) is 77.5 cm³/mol. The van der Waals surface area contributed by atoms with Crippen LogP contribution in [0.3, 0.4) is 0 Å². The molecular weight excluding hydrogens is 262 g/mol. The van der Waals surface area contributed by atoms with Crippen LogP contribution in [0.4, 0.5) is 0 Å². The highest BCUT2D eigenvalue weighted by Crippen LogP contribution is 2.03. The van der Waals surface area contributed by atoms with Crippen LogP contribution in [0.2, 0.25) is 0 Å². The minimum absolute atomic E-state index is 0. The van der Waals surface area contributed by atoms with Gasteiger partial charge in [0.2, 0.25) is 5.88 Å². The Labute approximate surface area is 119 Å². The molecule has 0 atom stereocenters. The average Bonchev–Trinajstić information content (AvgIpc) is 2.45. The number of rotatable bonds is 7. The second-order valence-corrected chi connectivity index (χ2v) is 3.90. The molecule has 0 aliphatic heterocycles. The van der Waals surface area contributed by atoms with Crippen molar-refractivity contribution in [3.63, 3.8) is 0 Å². The van der Waals surface area contributed by atoms with Crippen molar-refractivity contribution in [2.45, 2.75) is 13.0 Å². The van der Waals surface area contributed by atoms with Crippen LogP contribution in [-0.4, -0.2) is 23.1 Å². The van der Waals surface area contributed by atoms with Gasteiger partial charge in [-0.25, -0.2) is 4.98 Å². The zero-order valence-corrected chi connectivity index (χ0v) is 11.5. The fourth-order valence-electron chi connectivity index (χ4n) is 1.54. The molecule has 2 aromatic heterocycles. The minimum atomic E-state index is 0. The van der Waals surface area contributed by atoms with Crippen molar-refractivity contribution < 1.29 is 4.74 Å². The molecule has 0 unspecified atom stereocenters. The highest BCUT2D eigenvalue weighted by Gasteiger charge is 1.94. The first-order valence-electron chi connectivity index (χ1n) is 6.08. The minimum Gasteiger partial charge on any atom is -0.478 e. The summed E-state index contributed by atoms with van der Waals surface area (Å²) in [5.74, 6) is 0.687. The Balaban J connectivity index is 0.00000180. The Bertz CT molecular complexity index is 395. The van der Waals surface area contributed by atoms with Gasteiger partial charge in [0.1, 0.15) is 0 Å². The zero-order chi connectivity index (χ0) is 12.5. The van der Waals surface area contributed by atoms with Crippen LogP contribution in [0.5, 0.6) is 5.88 Å². The third-order valence-corrected chi connectivity index (χ3v) is 2.46. The van der Waals surface area contributed by atoms with Gasteiger partial charge in [-0.3, -0.25) is 4.98 Å². The summed E-state index contributed by atoms with van der Waals surface area (Å²) in [6, 6.07) is 9.69. The van der Waals surface area contributed by atoms with Crippen LogP contribution in [0, 0.1) is 0 Å². The van der Waals surface area contributed by atoms with Crippen molar-refractivity contribution >= 4 is 12.4 Å². The van der Waals surface area contributed by atoms with Crippen molar-refractivity contribution in [1.29, 1.82) is 0 Å². The number of nitrogens with one attached hydrogen (secondary N) is 1. The molecule has 0 aromatic carbocycles. The molecule has 4 nitrogen and oxygen atoms in total. The van der Waals surface area contributed by atoms with Gasteiger partial charge in [0, 0.05) is 31.2 Å². The van der Waals surface area contributed by atoms with Gasteiger partial charge < -0.3 is 10.1 Å². The van der Waals surface area contributed by atoms with E-state index < -0.39 is 0 Å². The van der Waals surface area contributed by atoms with E-state index in [4.69, 9.17) is 4.74 Å². The Morgan fingerprint density at radius 1 is 1.05 bits per heavy atom. The maximum Gasteiger partial charge on any atom is 0.213 e. The van der Waals surface area contributed by atoms with Crippen LogP contribution >= 0.6 is 12.4 Å². The summed E-state index contributed by atoms with van der Waals surface area (Å²) in [5, 5.41) is 3.36. The fourth-order valence-corrected chi connectivity index (χ4v) is 1.54. The average molecular weight is 280 g/mol. The molecule has 0 bridgehead atoms. The predicted octanol–water partition coefficient (Wildman–Crippen LogP) is 2.46. The highest BCUT2D eigenvalue weighted by atomic mass is 35.5. The standard InChI is InChI=1S/C14H17N3O.ClH/c1-2-8-17-14(4-1)18-11-3-7-16-12-13-5-9-15-10-6-13;/h1-2,4-6,8-10,16H,3,7,11-12H2;1H. The molecule has 1 N–H and O–H groups in total. The fraction of sp³-hybridized carbons (Fsp3) is 0.286. The third kappa shape index (κ3) is 6.18. The number of nitrogens with zero attached hydrogens (tertiary/aromatic N) is 2. The first-order chi connectivity index (χ1) is 8.95. The smallest absolute Gasteiger partial charge is 0.213 e. The Kier molecular flexibility index (Phi) is 7.54. The molecule has 2 aromatic rings. The molecular formula is C14H18ClN3O. The lowest BCUT2D eigenvalue weighted by Crippen LogP contribution is -2.17. The SMILES string of the molecule is Cl.c1ccc(OCCCNCc2ccncc2)nc1. The number of pyridine rings is 2. The Morgan fingerprint density at radius 3 is 2.63 bits per heavy atom. The summed E-state index contributed by atoms with van der Waals surface area (Å²) in [6.45, 7) is 2.47. The number of halogens is 1. The molecule has 19 heavy (non-hydrogen) atoms. The Hall–Kier alpha value is -1.65. The van der Waals surface area contributed by atoms with E-state index in [1.54, 1.807) is 18.6 Å². The van der Waals surface area contributed by atoms with Crippen LogP contribution in [0.1, 0.15) is 12.0 Å². The number of hydrogen-bond acceptors (Lipinski definition) is 4. The van der Waals surface area contributed by atoms with Crippen molar-refractivity contribution in [1.82, 2.24) is 15.3 Å². The molecule has 0 saturated heterocycles. The number of aromatic nitrogens is 2. The van der Waals surface area contributed by atoms with Gasteiger partial charge in [-0.2, -0.15) is 0 Å². The van der Waals surface area contributed by atoms with E-state index in [0.29, 0.717) is 12.5 Å². The lowest BCUT2D eigenvalue weighted by Gasteiger charge is -2.06. The zero-order valence-electron chi connectivity index (χ0n) is 10.7. The Morgan fingerprint density at radius 2 is 1.89 bits per heavy atom. The first kappa shape index (κ1) is 15.4. The summed E-state index contributed by atoms with van der Waals surface area (Å²) in [5.41, 5.74) is 1.25. The summed E-state index contributed by atoms with van der Waals surface area (Å²) in [7, 11) is 0. The molecule has 0 radical (unpaired) electrons. The van der Waals surface area contributed by atoms with Crippen LogP contribution in [0.25, 0.3) is 0 Å². The van der Waals surface area contributed by atoms with Gasteiger partial charge in [-0.05, 0) is 36.7 Å². The molecule has 5 heteroatoms. The van der Waals surface area contributed by atoms with Crippen molar-refractivity contribution in [3.8, 4) is 5.88 Å². The van der Waals surface area contributed by atoms with Gasteiger partial charge >= 0.3 is 0 Å². The molecule has 0 spiro atoms. The second-order valence-electron chi connectivity index (χ2n) is 3.90. The van der Waals surface area contributed by atoms with E-state index in [1.165, 1.54) is 5.56 Å². The normalized spacial score (nSPS) is 9.68. The van der Waals surface area contributed by atoms with E-state index in [1.807, 2.05) is 30.3 Å². The van der Waals surface area contributed by atoms with E-state index >= 15 is 0 Å². The molecule has 0 fully saturated rings. The molecule has 0 aliphatic carbocycles. The quantitative estimate of drug-likeness (QED) is 0.791. The molecule has 0 amide bonds. The number of ether oxygens (including phenoxy) is 1. The van der Waals surface area contributed by atoms with Gasteiger partial charge in [0.25, 0.3) is 0 Å². The maximum atomic E-state index is 5.50. The van der Waals surface area contributed by atoms with Crippen LogP contribution < -0.4 is 10.1 Å². The first-order valence-corrected chi connectivity index (χ1v) is 6.08. The van der Waals surface area contributed by atoms with E-state index in [9.17, 15) is 0 Å². The van der Waals surface area contributed by atoms with Gasteiger partial charge in [0.15, 0.2) is 0 Å². The largest absolute Gasteiger partial charge is 0.478 e. The van der Waals surface area contributed by atoms with Crippen LogP contribution in [-0.2, 0) is 6.54 Å². The van der Waals surface area contributed by atoms with Gasteiger partial charge in [0.05, 0.1) is 6.61 Å². The molecule has 2 rings (SSSR count). The lowest BCUT2D eigenvalue weighted by molar-refractivity contribution is 0.296. The summed E-state index contributed by atoms with van der Waals surface area (Å²) < 4.78 is 5.50. The third-order valence-electron chi connectivity index (χ3n) is 2.46. The van der Waals surface area contributed by atoms with E-state index in [0.717, 1.165) is 19.5 Å². The van der Waals surface area contributed by atoms with E-state index in [2.05, 4.69) is 15.3 Å². The summed E-state index contributed by atoms with van der Waals surface area (Å²) in [6.07, 6.45) is 6.31. The molecule has 102 valence electrons. The van der Waals surface area contributed by atoms with Crippen molar-refractivity contribution in [2.75, 3.05) is 13.2 Å². The van der Waals surface area contributed by atoms with Gasteiger partial charge in [-0.15, -0.1) is 12.4 Å². The topological polar surface area (TPSA) is 47.0 Å². The lowest BCUT2D eigenvalue weighted by atomic mass is 10.3. The monoisotopic (exact) mass is 279 g/mol. The summed E-state index contributed by atoms with van der Waals surface area (Å²) in [4.78, 5) is 8.08. The van der Waals surface area contributed by atoms with Crippen LogP contribution in [0.15, 0.2) is 48.9 Å². The molecule has 0 saturated carbocycles. The van der Waals surface area contributed by atoms with Crippen molar-refractivity contribution in [3.05, 3.63) is 54.5 Å². The second kappa shape index (κ2) is 9.30. The highest BCUT2D eigenvalue weighted by molar-refractivity contribution is 5.85.